The number of hydrogen-bond donors (Lipinski definition) is 1. The molecule has 0 bridgehead atoms. The Balaban J connectivity index is 2.08. The number of benzene rings is 2. The highest BCUT2D eigenvalue weighted by atomic mass is 35.5. The third-order valence-electron chi connectivity index (χ3n) is 3.36. The van der Waals surface area contributed by atoms with Crippen LogP contribution in [0.2, 0.25) is 10.0 Å². The van der Waals surface area contributed by atoms with E-state index in [1.54, 1.807) is 30.3 Å². The minimum atomic E-state index is -0.450. The van der Waals surface area contributed by atoms with Gasteiger partial charge in [0, 0.05) is 24.1 Å². The van der Waals surface area contributed by atoms with Crippen LogP contribution in [-0.4, -0.2) is 23.0 Å². The lowest BCUT2D eigenvalue weighted by atomic mass is 10.2. The summed E-state index contributed by atoms with van der Waals surface area (Å²) in [4.78, 5) is 19.8. The fourth-order valence-corrected chi connectivity index (χ4v) is 2.57. The van der Waals surface area contributed by atoms with Crippen LogP contribution in [0.15, 0.2) is 36.7 Å². The summed E-state index contributed by atoms with van der Waals surface area (Å²) in [5, 5.41) is 4.70. The molecule has 3 rings (SSSR count). The number of nitrogens with zero attached hydrogens (tertiary/aromatic N) is 2. The maximum absolute atomic E-state index is 11.3. The number of esters is 1. The number of aromatic nitrogens is 2. The third-order valence-corrected chi connectivity index (χ3v) is 4.10. The van der Waals surface area contributed by atoms with E-state index in [1.165, 1.54) is 20.4 Å². The van der Waals surface area contributed by atoms with Crippen molar-refractivity contribution in [1.82, 2.24) is 9.97 Å². The van der Waals surface area contributed by atoms with Gasteiger partial charge in [0.25, 0.3) is 0 Å². The number of fused-ring (bicyclic) bond motifs is 1. The Kier molecular flexibility index (Phi) is 4.92. The van der Waals surface area contributed by atoms with Gasteiger partial charge in [-0.25, -0.2) is 9.97 Å². The third kappa shape index (κ3) is 3.75. The van der Waals surface area contributed by atoms with E-state index >= 15 is 0 Å². The summed E-state index contributed by atoms with van der Waals surface area (Å²) in [5.74, 6) is 0.768. The molecule has 0 spiro atoms. The number of hydrogen-bond acceptors (Lipinski definition) is 6. The van der Waals surface area contributed by atoms with Gasteiger partial charge in [-0.15, -0.1) is 0 Å². The molecule has 0 fully saturated rings. The van der Waals surface area contributed by atoms with Crippen LogP contribution >= 0.6 is 23.2 Å². The summed E-state index contributed by atoms with van der Waals surface area (Å²) in [5.41, 5.74) is 1.34. The lowest BCUT2D eigenvalue weighted by molar-refractivity contribution is -0.132. The van der Waals surface area contributed by atoms with Gasteiger partial charge in [0.05, 0.1) is 22.7 Å². The first-order valence-electron chi connectivity index (χ1n) is 7.21. The van der Waals surface area contributed by atoms with E-state index in [1.807, 2.05) is 0 Å². The van der Waals surface area contributed by atoms with E-state index in [0.29, 0.717) is 38.2 Å². The molecule has 0 saturated carbocycles. The minimum absolute atomic E-state index is 0.287. The molecule has 25 heavy (non-hydrogen) atoms. The topological polar surface area (TPSA) is 73.3 Å². The first kappa shape index (κ1) is 17.3. The molecule has 3 aromatic rings. The van der Waals surface area contributed by atoms with Crippen molar-refractivity contribution in [1.29, 1.82) is 0 Å². The molecular weight excluding hydrogens is 365 g/mol. The molecule has 2 aromatic carbocycles. The van der Waals surface area contributed by atoms with Crippen molar-refractivity contribution in [3.63, 3.8) is 0 Å². The molecule has 0 unspecified atom stereocenters. The van der Waals surface area contributed by atoms with Gasteiger partial charge in [0.2, 0.25) is 0 Å². The average molecular weight is 378 g/mol. The zero-order chi connectivity index (χ0) is 18.0. The molecule has 0 atom stereocenters. The summed E-state index contributed by atoms with van der Waals surface area (Å²) in [6, 6.07) is 8.47. The highest BCUT2D eigenvalue weighted by Crippen LogP contribution is 2.35. The van der Waals surface area contributed by atoms with Crippen LogP contribution in [0.4, 0.5) is 11.5 Å². The van der Waals surface area contributed by atoms with Crippen molar-refractivity contribution in [2.75, 3.05) is 12.4 Å². The fourth-order valence-electron chi connectivity index (χ4n) is 2.27. The Labute approximate surface area is 153 Å². The Morgan fingerprint density at radius 1 is 1.08 bits per heavy atom. The van der Waals surface area contributed by atoms with Crippen LogP contribution in [0, 0.1) is 0 Å². The largest absolute Gasteiger partial charge is 0.493 e. The molecular formula is C17H13Cl2N3O3. The Hall–Kier alpha value is -2.57. The summed E-state index contributed by atoms with van der Waals surface area (Å²) in [6.45, 7) is 1.32. The second-order valence-corrected chi connectivity index (χ2v) is 5.90. The number of anilines is 2. The number of ether oxygens (including phenoxy) is 2. The van der Waals surface area contributed by atoms with Crippen molar-refractivity contribution in [3.05, 3.63) is 46.7 Å². The smallest absolute Gasteiger partial charge is 0.308 e. The van der Waals surface area contributed by atoms with E-state index in [4.69, 9.17) is 32.7 Å². The predicted molar refractivity (Wildman–Crippen MR) is 97.1 cm³/mol. The summed E-state index contributed by atoms with van der Waals surface area (Å²) < 4.78 is 10.4. The SMILES string of the molecule is COc1cc2ncnc(Nc3ccc(Cl)c(Cl)c3)c2cc1OC(C)=O. The highest BCUT2D eigenvalue weighted by Gasteiger charge is 2.13. The van der Waals surface area contributed by atoms with Crippen molar-refractivity contribution in [3.8, 4) is 11.5 Å². The van der Waals surface area contributed by atoms with Gasteiger partial charge in [-0.1, -0.05) is 23.2 Å². The normalized spacial score (nSPS) is 10.6. The van der Waals surface area contributed by atoms with Crippen LogP contribution in [0.25, 0.3) is 10.9 Å². The molecule has 0 saturated heterocycles. The zero-order valence-electron chi connectivity index (χ0n) is 13.3. The maximum Gasteiger partial charge on any atom is 0.308 e. The second-order valence-electron chi connectivity index (χ2n) is 5.09. The van der Waals surface area contributed by atoms with Crippen LogP contribution in [0.3, 0.4) is 0 Å². The van der Waals surface area contributed by atoms with E-state index in [-0.39, 0.29) is 5.75 Å². The Morgan fingerprint density at radius 2 is 1.88 bits per heavy atom. The van der Waals surface area contributed by atoms with Crippen LogP contribution in [0.5, 0.6) is 11.5 Å². The molecule has 1 heterocycles. The standard InChI is InChI=1S/C17H13Cl2N3O3/c1-9(23)25-16-6-11-14(7-15(16)24-2)20-8-21-17(11)22-10-3-4-12(18)13(19)5-10/h3-8H,1-2H3,(H,20,21,22). The molecule has 0 aliphatic heterocycles. The van der Waals surface area contributed by atoms with Crippen LogP contribution in [0.1, 0.15) is 6.92 Å². The predicted octanol–water partition coefficient (Wildman–Crippen LogP) is 4.61. The molecule has 0 aliphatic rings. The van der Waals surface area contributed by atoms with Crippen molar-refractivity contribution < 1.29 is 14.3 Å². The maximum atomic E-state index is 11.3. The Morgan fingerprint density at radius 3 is 2.56 bits per heavy atom. The van der Waals surface area contributed by atoms with E-state index in [0.717, 1.165) is 0 Å². The number of halogens is 2. The van der Waals surface area contributed by atoms with E-state index in [9.17, 15) is 4.79 Å². The van der Waals surface area contributed by atoms with E-state index < -0.39 is 5.97 Å². The molecule has 1 aromatic heterocycles. The van der Waals surface area contributed by atoms with Gasteiger partial charge in [-0.3, -0.25) is 4.79 Å². The van der Waals surface area contributed by atoms with Crippen molar-refractivity contribution >= 4 is 51.6 Å². The van der Waals surface area contributed by atoms with Gasteiger partial charge in [-0.05, 0) is 24.3 Å². The summed E-state index contributed by atoms with van der Waals surface area (Å²) in [7, 11) is 1.49. The van der Waals surface area contributed by atoms with E-state index in [2.05, 4.69) is 15.3 Å². The van der Waals surface area contributed by atoms with Crippen molar-refractivity contribution in [2.45, 2.75) is 6.92 Å². The average Bonchev–Trinajstić information content (AvgIpc) is 2.57. The highest BCUT2D eigenvalue weighted by molar-refractivity contribution is 6.42. The number of methoxy groups -OCH3 is 1. The fraction of sp³-hybridized carbons (Fsp3) is 0.118. The van der Waals surface area contributed by atoms with Gasteiger partial charge >= 0.3 is 5.97 Å². The van der Waals surface area contributed by atoms with Gasteiger partial charge in [0.1, 0.15) is 12.1 Å². The molecule has 0 aliphatic carbocycles. The second kappa shape index (κ2) is 7.13. The molecule has 0 amide bonds. The summed E-state index contributed by atoms with van der Waals surface area (Å²) >= 11 is 12.0. The quantitative estimate of drug-likeness (QED) is 0.528. The molecule has 128 valence electrons. The molecule has 1 N–H and O–H groups in total. The monoisotopic (exact) mass is 377 g/mol. The van der Waals surface area contributed by atoms with Crippen LogP contribution in [-0.2, 0) is 4.79 Å². The summed E-state index contributed by atoms with van der Waals surface area (Å²) in [6.07, 6.45) is 1.42. The number of carbonyl (C=O) groups excluding carboxylic acids is 1. The van der Waals surface area contributed by atoms with Gasteiger partial charge in [-0.2, -0.15) is 0 Å². The minimum Gasteiger partial charge on any atom is -0.493 e. The number of rotatable bonds is 4. The lowest BCUT2D eigenvalue weighted by Gasteiger charge is -2.12. The van der Waals surface area contributed by atoms with Gasteiger partial charge in [0.15, 0.2) is 11.5 Å². The zero-order valence-corrected chi connectivity index (χ0v) is 14.9. The van der Waals surface area contributed by atoms with Gasteiger partial charge < -0.3 is 14.8 Å². The first-order chi connectivity index (χ1) is 12.0. The molecule has 6 nitrogen and oxygen atoms in total. The molecule has 8 heteroatoms. The number of carbonyl (C=O) groups is 1. The van der Waals surface area contributed by atoms with Crippen molar-refractivity contribution in [2.24, 2.45) is 0 Å². The Bertz CT molecular complexity index is 963. The van der Waals surface area contributed by atoms with Crippen LogP contribution < -0.4 is 14.8 Å². The lowest BCUT2D eigenvalue weighted by Crippen LogP contribution is -2.04. The first-order valence-corrected chi connectivity index (χ1v) is 7.96. The molecule has 0 radical (unpaired) electrons. The number of nitrogens with one attached hydrogen (secondary N) is 1.